The average Bonchev–Trinajstić information content (AvgIpc) is 3.30. The number of fused-ring (bicyclic) bond motifs is 1. The number of nitrogens with zero attached hydrogens (tertiary/aromatic N) is 5. The third-order valence-corrected chi connectivity index (χ3v) is 10.9. The second-order valence-electron chi connectivity index (χ2n) is 14.2. The van der Waals surface area contributed by atoms with Gasteiger partial charge in [0.2, 0.25) is 5.78 Å². The fourth-order valence-electron chi connectivity index (χ4n) is 7.77. The summed E-state index contributed by atoms with van der Waals surface area (Å²) in [6.07, 6.45) is -3.16. The maximum Gasteiger partial charge on any atom is 0.451 e. The number of phenols is 1. The average molecular weight is 727 g/mol. The number of nitrogens with one attached hydrogen (secondary N) is 1. The summed E-state index contributed by atoms with van der Waals surface area (Å²) in [7, 11) is 1.76. The van der Waals surface area contributed by atoms with Crippen LogP contribution in [0.25, 0.3) is 0 Å². The first-order chi connectivity index (χ1) is 24.9. The number of ketones is 1. The van der Waals surface area contributed by atoms with Gasteiger partial charge in [-0.05, 0) is 60.8 Å². The molecule has 12 nitrogen and oxygen atoms in total. The number of piperidine rings is 2. The monoisotopic (exact) mass is 726 g/mol. The number of ether oxygens (including phenoxy) is 1. The molecule has 2 aromatic rings. The summed E-state index contributed by atoms with van der Waals surface area (Å²) in [6.45, 7) is 3.38. The lowest BCUT2D eigenvalue weighted by molar-refractivity contribution is -0.172. The highest BCUT2D eigenvalue weighted by Crippen LogP contribution is 2.26. The molecule has 0 spiro atoms. The van der Waals surface area contributed by atoms with E-state index in [1.54, 1.807) is 35.8 Å². The molecule has 1 atom stereocenters. The van der Waals surface area contributed by atoms with Crippen molar-refractivity contribution >= 4 is 42.8 Å². The largest absolute Gasteiger partial charge is 0.509 e. The number of likely N-dealkylation sites (tertiary alicyclic amines) is 2. The number of phenolic OH excluding ortho intramolecular Hbond substituents is 1. The second-order valence-corrected chi connectivity index (χ2v) is 14.2. The zero-order valence-electron chi connectivity index (χ0n) is 29.4. The lowest BCUT2D eigenvalue weighted by Gasteiger charge is -2.43. The molecule has 4 amide bonds. The minimum absolute atomic E-state index is 0.0394. The first-order valence-corrected chi connectivity index (χ1v) is 18.1. The van der Waals surface area contributed by atoms with Gasteiger partial charge in [-0.25, -0.2) is 9.59 Å². The van der Waals surface area contributed by atoms with Crippen LogP contribution in [0.5, 0.6) is 5.75 Å². The van der Waals surface area contributed by atoms with Gasteiger partial charge in [0.15, 0.2) is 6.10 Å². The molecule has 4 aliphatic heterocycles. The second kappa shape index (κ2) is 16.2. The number of carbonyl (C=O) groups excluding carboxylic acids is 4. The van der Waals surface area contributed by atoms with Gasteiger partial charge in [-0.2, -0.15) is 13.2 Å². The Morgan fingerprint density at radius 2 is 1.54 bits per heavy atom. The van der Waals surface area contributed by atoms with E-state index >= 15 is 0 Å². The van der Waals surface area contributed by atoms with Gasteiger partial charge in [-0.15, -0.1) is 0 Å². The summed E-state index contributed by atoms with van der Waals surface area (Å²) in [5.74, 6) is -1.91. The Hall–Kier alpha value is -4.31. The van der Waals surface area contributed by atoms with Crippen LogP contribution in [-0.2, 0) is 27.2 Å². The predicted molar refractivity (Wildman–Crippen MR) is 189 cm³/mol. The molecule has 280 valence electrons. The Balaban J connectivity index is 1.03. The van der Waals surface area contributed by atoms with Crippen LogP contribution < -0.4 is 10.8 Å². The van der Waals surface area contributed by atoms with E-state index in [0.717, 1.165) is 23.2 Å². The quantitative estimate of drug-likeness (QED) is 0.396. The maximum atomic E-state index is 14.0. The van der Waals surface area contributed by atoms with Crippen LogP contribution in [0.1, 0.15) is 36.8 Å². The molecule has 6 rings (SSSR count). The maximum absolute atomic E-state index is 14.0. The van der Waals surface area contributed by atoms with E-state index in [4.69, 9.17) is 4.74 Å². The van der Waals surface area contributed by atoms with Crippen LogP contribution in [0.3, 0.4) is 0 Å². The molecule has 0 aromatic heterocycles. The number of urea groups is 1. The first kappa shape index (κ1) is 37.5. The van der Waals surface area contributed by atoms with E-state index in [0.29, 0.717) is 90.0 Å². The highest BCUT2D eigenvalue weighted by Gasteiger charge is 2.40. The summed E-state index contributed by atoms with van der Waals surface area (Å²) in [5, 5.41) is 13.1. The smallest absolute Gasteiger partial charge is 0.451 e. The zero-order valence-corrected chi connectivity index (χ0v) is 29.4. The molecule has 4 aliphatic rings. The number of hydrogen-bond acceptors (Lipinski definition) is 8. The van der Waals surface area contributed by atoms with Crippen LogP contribution in [0.2, 0.25) is 0 Å². The van der Waals surface area contributed by atoms with Crippen LogP contribution in [0.15, 0.2) is 42.5 Å². The van der Waals surface area contributed by atoms with Crippen molar-refractivity contribution in [2.24, 2.45) is 0 Å². The Morgan fingerprint density at radius 1 is 0.885 bits per heavy atom. The summed E-state index contributed by atoms with van der Waals surface area (Å²) in [6, 6.07) is 12.8. The minimum Gasteiger partial charge on any atom is -0.509 e. The summed E-state index contributed by atoms with van der Waals surface area (Å²) >= 11 is 0. The number of aromatic hydroxyl groups is 1. The minimum atomic E-state index is -4.83. The van der Waals surface area contributed by atoms with Crippen molar-refractivity contribution in [1.82, 2.24) is 24.5 Å². The zero-order chi connectivity index (χ0) is 37.0. The Kier molecular flexibility index (Phi) is 11.6. The van der Waals surface area contributed by atoms with Crippen molar-refractivity contribution < 1.29 is 42.2 Å². The summed E-state index contributed by atoms with van der Waals surface area (Å²) < 4.78 is 44.1. The molecule has 0 unspecified atom stereocenters. The Bertz CT molecular complexity index is 1620. The van der Waals surface area contributed by atoms with E-state index in [1.807, 2.05) is 29.2 Å². The standard InChI is InChI=1S/C36H46BF3N6O6/c37-28-21-24(5-6-30(28)47)22-31(33(49)44-12-8-26(9-13-44)43-19-17-42(18-20-43)23-32(48)36(38,39)40)52-35(51)45-14-10-27(11-15-45)46-16-7-25-3-1-2-4-29(25)41-34(46)50/h1-6,21,26-27,31,47H,7-20,22-23,37H2,(H,41,50)/t31-/m1/s1. The molecular weight excluding hydrogens is 680 g/mol. The molecule has 0 aliphatic carbocycles. The van der Waals surface area contributed by atoms with Gasteiger partial charge in [0.05, 0.1) is 6.54 Å². The van der Waals surface area contributed by atoms with Crippen molar-refractivity contribution in [3.8, 4) is 5.75 Å². The molecule has 2 aromatic carbocycles. The number of rotatable bonds is 8. The third-order valence-electron chi connectivity index (χ3n) is 10.9. The van der Waals surface area contributed by atoms with E-state index < -0.39 is 30.7 Å². The van der Waals surface area contributed by atoms with Crippen molar-refractivity contribution in [1.29, 1.82) is 0 Å². The fourth-order valence-corrected chi connectivity index (χ4v) is 7.77. The number of para-hydroxylation sites is 1. The normalized spacial score (nSPS) is 20.5. The molecular formula is C36H46BF3N6O6. The molecule has 2 N–H and O–H groups in total. The number of benzene rings is 2. The molecule has 16 heteroatoms. The van der Waals surface area contributed by atoms with Crippen LogP contribution in [-0.4, -0.2) is 151 Å². The number of alkyl halides is 3. The van der Waals surface area contributed by atoms with Gasteiger partial charge in [0.25, 0.3) is 5.91 Å². The predicted octanol–water partition coefficient (Wildman–Crippen LogP) is 1.99. The number of piperazine rings is 1. The van der Waals surface area contributed by atoms with Crippen molar-refractivity contribution in [3.63, 3.8) is 0 Å². The van der Waals surface area contributed by atoms with E-state index in [9.17, 15) is 37.5 Å². The lowest BCUT2D eigenvalue weighted by Crippen LogP contribution is -2.56. The van der Waals surface area contributed by atoms with Crippen molar-refractivity contribution in [3.05, 3.63) is 53.6 Å². The Morgan fingerprint density at radius 3 is 2.21 bits per heavy atom. The van der Waals surface area contributed by atoms with Crippen LogP contribution in [0.4, 0.5) is 28.4 Å². The topological polar surface area (TPSA) is 126 Å². The molecule has 0 radical (unpaired) electrons. The number of halogens is 3. The molecule has 4 heterocycles. The van der Waals surface area contributed by atoms with Crippen molar-refractivity contribution in [2.75, 3.05) is 70.8 Å². The number of anilines is 1. The molecule has 0 saturated carbocycles. The summed E-state index contributed by atoms with van der Waals surface area (Å²) in [5.41, 5.74) is 3.29. The number of hydrogen-bond donors (Lipinski definition) is 2. The lowest BCUT2D eigenvalue weighted by atomic mass is 9.91. The molecule has 52 heavy (non-hydrogen) atoms. The van der Waals surface area contributed by atoms with Gasteiger partial charge < -0.3 is 29.9 Å². The third kappa shape index (κ3) is 9.00. The van der Waals surface area contributed by atoms with Crippen LogP contribution >= 0.6 is 0 Å². The van der Waals surface area contributed by atoms with Gasteiger partial charge in [0.1, 0.15) is 13.6 Å². The first-order valence-electron chi connectivity index (χ1n) is 18.1. The van der Waals surface area contributed by atoms with Gasteiger partial charge in [-0.3, -0.25) is 19.4 Å². The molecule has 3 fully saturated rings. The SMILES string of the molecule is Bc1cc(C[C@@H](OC(=O)N2CCC(N3CCc4ccccc4NC3=O)CC2)C(=O)N2CCC(N3CCN(CC(=O)C(F)(F)F)CC3)CC2)ccc1O. The van der Waals surface area contributed by atoms with Gasteiger partial charge >= 0.3 is 18.3 Å². The number of carbonyl (C=O) groups is 4. The van der Waals surface area contributed by atoms with E-state index in [1.165, 1.54) is 4.90 Å². The number of Topliss-reactive ketones (excluding diaryl/α,β-unsaturated/α-hetero) is 1. The van der Waals surface area contributed by atoms with Crippen LogP contribution in [0, 0.1) is 0 Å². The summed E-state index contributed by atoms with van der Waals surface area (Å²) in [4.78, 5) is 61.0. The number of amides is 4. The van der Waals surface area contributed by atoms with Gasteiger partial charge in [-0.1, -0.05) is 30.3 Å². The van der Waals surface area contributed by atoms with Crippen molar-refractivity contribution in [2.45, 2.75) is 62.9 Å². The van der Waals surface area contributed by atoms with Gasteiger partial charge in [0, 0.05) is 83.1 Å². The highest BCUT2D eigenvalue weighted by atomic mass is 19.4. The highest BCUT2D eigenvalue weighted by molar-refractivity contribution is 6.34. The molecule has 3 saturated heterocycles. The Labute approximate surface area is 302 Å². The van der Waals surface area contributed by atoms with E-state index in [2.05, 4.69) is 10.2 Å². The van der Waals surface area contributed by atoms with E-state index in [-0.39, 0.29) is 36.2 Å². The fraction of sp³-hybridized carbons (Fsp3) is 0.556. The molecule has 0 bridgehead atoms.